The molecule has 25 heavy (non-hydrogen) atoms. The van der Waals surface area contributed by atoms with E-state index in [2.05, 4.69) is 25.3 Å². The molecule has 134 valence electrons. The molecule has 0 saturated carbocycles. The molecular weight excluding hydrogens is 325 g/mol. The van der Waals surface area contributed by atoms with Crippen molar-refractivity contribution in [2.45, 2.75) is 44.9 Å². The first kappa shape index (κ1) is 16.4. The number of anilines is 1. The summed E-state index contributed by atoms with van der Waals surface area (Å²) in [6.07, 6.45) is 4.23. The molecule has 0 amide bonds. The fraction of sp³-hybridized carbons (Fsp3) is 0.588. The first-order valence-corrected chi connectivity index (χ1v) is 8.55. The largest absolute Gasteiger partial charge is 0.371 e. The topological polar surface area (TPSA) is 76.3 Å². The van der Waals surface area contributed by atoms with E-state index in [4.69, 9.17) is 9.26 Å². The molecule has 2 aliphatic heterocycles. The van der Waals surface area contributed by atoms with Crippen molar-refractivity contribution in [1.82, 2.24) is 20.0 Å². The van der Waals surface area contributed by atoms with Crippen molar-refractivity contribution in [3.8, 4) is 0 Å². The Morgan fingerprint density at radius 1 is 1.36 bits per heavy atom. The predicted octanol–water partition coefficient (Wildman–Crippen LogP) is 2.07. The number of nitrogens with zero attached hydrogens (tertiary/aromatic N) is 4. The van der Waals surface area contributed by atoms with Gasteiger partial charge in [0.25, 0.3) is 0 Å². The van der Waals surface area contributed by atoms with Gasteiger partial charge in [0.05, 0.1) is 36.3 Å². The highest BCUT2D eigenvalue weighted by Gasteiger charge is 2.45. The van der Waals surface area contributed by atoms with Gasteiger partial charge in [-0.3, -0.25) is 4.90 Å². The number of hydrogen-bond acceptors (Lipinski definition) is 7. The Kier molecular flexibility index (Phi) is 4.16. The van der Waals surface area contributed by atoms with Crippen molar-refractivity contribution in [2.75, 3.05) is 25.0 Å². The van der Waals surface area contributed by atoms with E-state index < -0.39 is 5.82 Å². The van der Waals surface area contributed by atoms with Gasteiger partial charge in [-0.2, -0.15) is 0 Å². The number of rotatable bonds is 4. The molecule has 0 unspecified atom stereocenters. The summed E-state index contributed by atoms with van der Waals surface area (Å²) in [5, 5.41) is 7.27. The predicted molar refractivity (Wildman–Crippen MR) is 88.6 cm³/mol. The maximum absolute atomic E-state index is 12.9. The van der Waals surface area contributed by atoms with Gasteiger partial charge in [0, 0.05) is 31.6 Å². The van der Waals surface area contributed by atoms with Crippen LogP contribution in [0.15, 0.2) is 16.9 Å². The highest BCUT2D eigenvalue weighted by Crippen LogP contribution is 2.36. The molecule has 4 heterocycles. The Labute approximate surface area is 145 Å². The van der Waals surface area contributed by atoms with Gasteiger partial charge in [-0.25, -0.2) is 14.4 Å². The van der Waals surface area contributed by atoms with Crippen LogP contribution in [-0.4, -0.2) is 51.4 Å². The third-order valence-corrected chi connectivity index (χ3v) is 5.12. The second-order valence-electron chi connectivity index (χ2n) is 7.03. The summed E-state index contributed by atoms with van der Waals surface area (Å²) in [7, 11) is 0. The molecule has 4 rings (SSSR count). The highest BCUT2D eigenvalue weighted by molar-refractivity contribution is 5.26. The van der Waals surface area contributed by atoms with Crippen LogP contribution in [-0.2, 0) is 11.3 Å². The van der Waals surface area contributed by atoms with Gasteiger partial charge in [0.1, 0.15) is 5.76 Å². The number of ether oxygens (including phenoxy) is 1. The van der Waals surface area contributed by atoms with Crippen molar-refractivity contribution in [2.24, 2.45) is 0 Å². The van der Waals surface area contributed by atoms with Gasteiger partial charge in [-0.05, 0) is 20.3 Å². The maximum atomic E-state index is 12.9. The van der Waals surface area contributed by atoms with Crippen LogP contribution in [0, 0.1) is 19.7 Å². The maximum Gasteiger partial charge on any atom is 0.223 e. The first-order valence-electron chi connectivity index (χ1n) is 8.55. The zero-order chi connectivity index (χ0) is 17.4. The van der Waals surface area contributed by atoms with Crippen molar-refractivity contribution >= 4 is 5.95 Å². The van der Waals surface area contributed by atoms with E-state index in [0.29, 0.717) is 12.6 Å². The van der Waals surface area contributed by atoms with E-state index >= 15 is 0 Å². The molecule has 0 radical (unpaired) electrons. The quantitative estimate of drug-likeness (QED) is 0.907. The average Bonchev–Trinajstić information content (AvgIpc) is 3.27. The molecule has 0 aliphatic carbocycles. The van der Waals surface area contributed by atoms with Crippen LogP contribution in [0.5, 0.6) is 0 Å². The fourth-order valence-corrected chi connectivity index (χ4v) is 3.80. The molecule has 2 atom stereocenters. The van der Waals surface area contributed by atoms with Crippen LogP contribution in [0.1, 0.15) is 29.9 Å². The summed E-state index contributed by atoms with van der Waals surface area (Å²) in [6.45, 7) is 7.26. The molecule has 2 aromatic heterocycles. The minimum absolute atomic E-state index is 0.128. The fourth-order valence-electron chi connectivity index (χ4n) is 3.80. The van der Waals surface area contributed by atoms with Crippen molar-refractivity contribution < 1.29 is 13.7 Å². The molecule has 1 spiro atoms. The Hall–Kier alpha value is -2.06. The van der Waals surface area contributed by atoms with Crippen molar-refractivity contribution in [3.63, 3.8) is 0 Å². The Bertz CT molecular complexity index is 730. The Morgan fingerprint density at radius 2 is 2.16 bits per heavy atom. The molecular formula is C17H22FN5O2. The van der Waals surface area contributed by atoms with Gasteiger partial charge in [0.15, 0.2) is 5.82 Å². The molecule has 7 nitrogen and oxygen atoms in total. The lowest BCUT2D eigenvalue weighted by Crippen LogP contribution is -2.33. The zero-order valence-electron chi connectivity index (χ0n) is 14.5. The van der Waals surface area contributed by atoms with Crippen LogP contribution >= 0.6 is 0 Å². The second-order valence-corrected chi connectivity index (χ2v) is 7.03. The van der Waals surface area contributed by atoms with Crippen LogP contribution in [0.4, 0.5) is 10.3 Å². The minimum Gasteiger partial charge on any atom is -0.371 e. The van der Waals surface area contributed by atoms with Crippen LogP contribution in [0.2, 0.25) is 0 Å². The molecule has 2 aliphatic rings. The van der Waals surface area contributed by atoms with E-state index in [1.54, 1.807) is 0 Å². The van der Waals surface area contributed by atoms with E-state index in [9.17, 15) is 4.39 Å². The number of aryl methyl sites for hydroxylation is 2. The lowest BCUT2D eigenvalue weighted by molar-refractivity contribution is 0.0119. The van der Waals surface area contributed by atoms with E-state index in [0.717, 1.165) is 43.9 Å². The summed E-state index contributed by atoms with van der Waals surface area (Å²) in [5.41, 5.74) is 2.00. The number of nitrogens with one attached hydrogen (secondary N) is 1. The summed E-state index contributed by atoms with van der Waals surface area (Å²) >= 11 is 0. The molecule has 0 bridgehead atoms. The normalized spacial score (nSPS) is 26.6. The second kappa shape index (κ2) is 6.34. The van der Waals surface area contributed by atoms with Crippen LogP contribution in [0.3, 0.4) is 0 Å². The number of aromatic nitrogens is 3. The molecule has 8 heteroatoms. The summed E-state index contributed by atoms with van der Waals surface area (Å²) in [4.78, 5) is 10.3. The summed E-state index contributed by atoms with van der Waals surface area (Å²) in [5.74, 6) is 0.895. The standard InChI is InChI=1S/C17H22FN5O2/c1-11-15(12(2)25-22-11)8-23-4-3-17(10-23)5-14(9-24-17)21-16-19-6-13(18)7-20-16/h6-7,14H,3-5,8-10H2,1-2H3,(H,19,20,21)/t14-,17-/m0/s1. The highest BCUT2D eigenvalue weighted by atomic mass is 19.1. The smallest absolute Gasteiger partial charge is 0.223 e. The van der Waals surface area contributed by atoms with E-state index in [1.807, 2.05) is 13.8 Å². The van der Waals surface area contributed by atoms with E-state index in [-0.39, 0.29) is 11.6 Å². The number of likely N-dealkylation sites (tertiary alicyclic amines) is 1. The van der Waals surface area contributed by atoms with Gasteiger partial charge in [0.2, 0.25) is 5.95 Å². The molecule has 2 aromatic rings. The lowest BCUT2D eigenvalue weighted by atomic mass is 9.97. The average molecular weight is 347 g/mol. The summed E-state index contributed by atoms with van der Waals surface area (Å²) < 4.78 is 24.3. The third kappa shape index (κ3) is 3.36. The van der Waals surface area contributed by atoms with Crippen molar-refractivity contribution in [1.29, 1.82) is 0 Å². The number of halogens is 1. The van der Waals surface area contributed by atoms with Gasteiger partial charge in [-0.1, -0.05) is 5.16 Å². The monoisotopic (exact) mass is 347 g/mol. The lowest BCUT2D eigenvalue weighted by Gasteiger charge is -2.23. The van der Waals surface area contributed by atoms with E-state index in [1.165, 1.54) is 18.0 Å². The SMILES string of the molecule is Cc1noc(C)c1CN1CC[C@]2(C[C@H](Nc3ncc(F)cn3)CO2)C1. The molecule has 0 aromatic carbocycles. The van der Waals surface area contributed by atoms with Gasteiger partial charge >= 0.3 is 0 Å². The summed E-state index contributed by atoms with van der Waals surface area (Å²) in [6, 6.07) is 0.143. The van der Waals surface area contributed by atoms with Gasteiger partial charge < -0.3 is 14.6 Å². The first-order chi connectivity index (χ1) is 12.0. The third-order valence-electron chi connectivity index (χ3n) is 5.12. The molecule has 2 saturated heterocycles. The zero-order valence-corrected chi connectivity index (χ0v) is 14.5. The molecule has 2 fully saturated rings. The van der Waals surface area contributed by atoms with Crippen LogP contribution in [0.25, 0.3) is 0 Å². The number of hydrogen-bond donors (Lipinski definition) is 1. The Balaban J connectivity index is 1.35. The van der Waals surface area contributed by atoms with Crippen molar-refractivity contribution in [3.05, 3.63) is 35.2 Å². The van der Waals surface area contributed by atoms with Gasteiger partial charge in [-0.15, -0.1) is 0 Å². The van der Waals surface area contributed by atoms with Crippen LogP contribution < -0.4 is 5.32 Å². The molecule has 1 N–H and O–H groups in total. The minimum atomic E-state index is -0.435. The Morgan fingerprint density at radius 3 is 2.88 bits per heavy atom.